The second kappa shape index (κ2) is 15.1. The number of benzene rings is 4. The summed E-state index contributed by atoms with van der Waals surface area (Å²) < 4.78 is 12.9. The summed E-state index contributed by atoms with van der Waals surface area (Å²) in [5.74, 6) is 1.88. The Morgan fingerprint density at radius 2 is 1.33 bits per heavy atom. The molecule has 0 aliphatic rings. The minimum Gasteiger partial charge on any atom is -0.508 e. The van der Waals surface area contributed by atoms with Crippen molar-refractivity contribution in [1.29, 1.82) is 0 Å². The number of hydrogen-bond donors (Lipinski definition) is 0. The van der Waals surface area contributed by atoms with Gasteiger partial charge in [-0.25, -0.2) is 4.98 Å². The maximum Gasteiger partial charge on any atom is 0.267 e. The predicted octanol–water partition coefficient (Wildman–Crippen LogP) is 12.0. The Kier molecular flexibility index (Phi) is 10.7. The predicted molar refractivity (Wildman–Crippen MR) is 231 cm³/mol. The molecule has 4 aromatic heterocycles. The van der Waals surface area contributed by atoms with Gasteiger partial charge in [0.05, 0.1) is 11.4 Å². The third-order valence-corrected chi connectivity index (χ3v) is 11.0. The van der Waals surface area contributed by atoms with Crippen LogP contribution in [0.4, 0.5) is 0 Å². The molecule has 8 aromatic rings. The molecular formula is C51H51N5OPt-2. The molecule has 0 saturated heterocycles. The molecule has 0 unspecified atom stereocenters. The molecule has 4 aromatic carbocycles. The van der Waals surface area contributed by atoms with Crippen molar-refractivity contribution in [2.75, 3.05) is 0 Å². The molecule has 6 nitrogen and oxygen atoms in total. The average molecular weight is 945 g/mol. The fourth-order valence-electron chi connectivity index (χ4n) is 7.36. The zero-order chi connectivity index (χ0) is 40.4. The number of ether oxygens (including phenoxy) is 1. The van der Waals surface area contributed by atoms with Crippen LogP contribution in [0.2, 0.25) is 0 Å². The fourth-order valence-corrected chi connectivity index (χ4v) is 7.36. The van der Waals surface area contributed by atoms with Crippen LogP contribution in [0.15, 0.2) is 110 Å². The van der Waals surface area contributed by atoms with Crippen molar-refractivity contribution in [2.45, 2.75) is 92.4 Å². The second-order valence-electron chi connectivity index (χ2n) is 18.3. The first-order chi connectivity index (χ1) is 27.0. The fraction of sp³-hybridized carbons (Fsp3) is 0.275. The molecule has 0 aliphatic heterocycles. The Balaban J connectivity index is 0.00000512. The number of fused-ring (bicyclic) bond motifs is 3. The minimum absolute atomic E-state index is 0. The van der Waals surface area contributed by atoms with Crippen LogP contribution in [0.3, 0.4) is 0 Å². The first-order valence-corrected chi connectivity index (χ1v) is 19.7. The zero-order valence-corrected chi connectivity index (χ0v) is 37.6. The van der Waals surface area contributed by atoms with E-state index in [0.29, 0.717) is 11.5 Å². The Bertz CT molecular complexity index is 2760. The standard InChI is InChI=1S/C51H51N5O.Pt/c1-33-34(2)55(32-54(33)40-25-38(50(6,7)8)24-39(26-40)51(9,10)11)41-28-43(31-52-30-41)57-42-18-19-44-45-23-36(35-15-13-12-14-16-35)17-20-46(45)56(47(44)29-42)48-27-37(21-22-53-48)49(3,4)5;/h12-27,30-31H,1-11H3;/q-2;. The van der Waals surface area contributed by atoms with E-state index in [-0.39, 0.29) is 37.3 Å². The third-order valence-electron chi connectivity index (χ3n) is 11.0. The van der Waals surface area contributed by atoms with Crippen molar-refractivity contribution >= 4 is 21.8 Å². The molecule has 298 valence electrons. The molecule has 7 heteroatoms. The molecule has 0 amide bonds. The van der Waals surface area contributed by atoms with E-state index in [1.807, 2.05) is 22.9 Å². The van der Waals surface area contributed by atoms with Crippen molar-refractivity contribution in [2.24, 2.45) is 0 Å². The van der Waals surface area contributed by atoms with Crippen LogP contribution in [0.25, 0.3) is 50.1 Å². The van der Waals surface area contributed by atoms with Crippen LogP contribution in [0.1, 0.15) is 90.4 Å². The average Bonchev–Trinajstić information content (AvgIpc) is 3.66. The van der Waals surface area contributed by atoms with E-state index < -0.39 is 0 Å². The molecular weight excluding hydrogens is 894 g/mol. The van der Waals surface area contributed by atoms with Crippen molar-refractivity contribution in [1.82, 2.24) is 19.1 Å². The van der Waals surface area contributed by atoms with Gasteiger partial charge in [-0.2, -0.15) is 6.07 Å². The quantitative estimate of drug-likeness (QED) is 0.123. The molecule has 8 rings (SSSR count). The zero-order valence-electron chi connectivity index (χ0n) is 35.4. The van der Waals surface area contributed by atoms with Crippen LogP contribution < -0.4 is 9.30 Å². The number of aromatic nitrogens is 5. The first kappa shape index (κ1) is 40.9. The Morgan fingerprint density at radius 3 is 2.00 bits per heavy atom. The second-order valence-corrected chi connectivity index (χ2v) is 18.3. The molecule has 58 heavy (non-hydrogen) atoms. The van der Waals surface area contributed by atoms with Crippen LogP contribution in [0.5, 0.6) is 11.5 Å². The molecule has 0 radical (unpaired) electrons. The number of nitrogens with zero attached hydrogens (tertiary/aromatic N) is 5. The van der Waals surface area contributed by atoms with Gasteiger partial charge in [-0.1, -0.05) is 123 Å². The van der Waals surface area contributed by atoms with E-state index in [2.05, 4.69) is 188 Å². The molecule has 0 saturated carbocycles. The van der Waals surface area contributed by atoms with Gasteiger partial charge in [-0.15, -0.1) is 23.6 Å². The van der Waals surface area contributed by atoms with E-state index in [1.165, 1.54) is 22.3 Å². The van der Waals surface area contributed by atoms with Gasteiger partial charge in [0.2, 0.25) is 0 Å². The van der Waals surface area contributed by atoms with Crippen LogP contribution in [0, 0.1) is 32.3 Å². The number of rotatable bonds is 6. The van der Waals surface area contributed by atoms with Crippen LogP contribution >= 0.6 is 0 Å². The summed E-state index contributed by atoms with van der Waals surface area (Å²) in [6.45, 7) is 24.5. The van der Waals surface area contributed by atoms with E-state index in [4.69, 9.17) is 9.72 Å². The molecule has 0 aliphatic carbocycles. The van der Waals surface area contributed by atoms with E-state index in [0.717, 1.165) is 55.9 Å². The third kappa shape index (κ3) is 7.79. The summed E-state index contributed by atoms with van der Waals surface area (Å²) in [5, 5.41) is 2.19. The van der Waals surface area contributed by atoms with Gasteiger partial charge in [0.1, 0.15) is 5.82 Å². The summed E-state index contributed by atoms with van der Waals surface area (Å²) >= 11 is 0. The Hall–Kier alpha value is -5.32. The molecule has 0 N–H and O–H groups in total. The van der Waals surface area contributed by atoms with Crippen molar-refractivity contribution < 1.29 is 30.4 Å². The molecule has 0 fully saturated rings. The van der Waals surface area contributed by atoms with Gasteiger partial charge in [0.15, 0.2) is 0 Å². The van der Waals surface area contributed by atoms with Gasteiger partial charge < -0.3 is 18.9 Å². The normalized spacial score (nSPS) is 12.3. The van der Waals surface area contributed by atoms with E-state index in [9.17, 15) is 0 Å². The Morgan fingerprint density at radius 1 is 0.638 bits per heavy atom. The van der Waals surface area contributed by atoms with Crippen LogP contribution in [-0.4, -0.2) is 19.1 Å². The van der Waals surface area contributed by atoms with Crippen molar-refractivity contribution in [3.8, 4) is 39.8 Å². The van der Waals surface area contributed by atoms with Gasteiger partial charge in [-0.3, -0.25) is 4.57 Å². The summed E-state index contributed by atoms with van der Waals surface area (Å²) in [7, 11) is 0. The van der Waals surface area contributed by atoms with Gasteiger partial charge in [0, 0.05) is 50.0 Å². The van der Waals surface area contributed by atoms with Gasteiger partial charge in [-0.05, 0) is 106 Å². The summed E-state index contributed by atoms with van der Waals surface area (Å²) in [5.41, 5.74) is 12.0. The molecule has 0 atom stereocenters. The first-order valence-electron chi connectivity index (χ1n) is 19.7. The van der Waals surface area contributed by atoms with E-state index in [1.54, 1.807) is 12.4 Å². The maximum absolute atomic E-state index is 6.53. The largest absolute Gasteiger partial charge is 0.508 e. The maximum atomic E-state index is 6.53. The summed E-state index contributed by atoms with van der Waals surface area (Å²) in [6.07, 6.45) is 9.01. The monoisotopic (exact) mass is 944 g/mol. The minimum atomic E-state index is -0.0398. The SMILES string of the molecule is Cc1c(C)[n+](-c2cc(C(C)(C)C)cc(C(C)(C)C)c2)[c-]n1-c1[c-]c(Oc2[c-]c3c(cc2)c2cc(-c4ccccc4)ccc2n3-c2cc(C(C)(C)C)ccn2)cnc1.[Pt]. The topological polar surface area (TPSA) is 48.8 Å². The van der Waals surface area contributed by atoms with Crippen molar-refractivity contribution in [3.05, 3.63) is 156 Å². The Labute approximate surface area is 357 Å². The number of hydrogen-bond acceptors (Lipinski definition) is 3. The van der Waals surface area contributed by atoms with E-state index >= 15 is 0 Å². The molecule has 0 spiro atoms. The summed E-state index contributed by atoms with van der Waals surface area (Å²) in [4.78, 5) is 9.49. The number of imidazole rings is 1. The summed E-state index contributed by atoms with van der Waals surface area (Å²) in [6, 6.07) is 39.5. The van der Waals surface area contributed by atoms with Gasteiger partial charge >= 0.3 is 0 Å². The molecule has 4 heterocycles. The smallest absolute Gasteiger partial charge is 0.267 e. The molecule has 0 bridgehead atoms. The van der Waals surface area contributed by atoms with Gasteiger partial charge in [0.25, 0.3) is 6.33 Å². The van der Waals surface area contributed by atoms with Crippen molar-refractivity contribution in [3.63, 3.8) is 0 Å². The van der Waals surface area contributed by atoms with Crippen LogP contribution in [-0.2, 0) is 37.3 Å². The number of pyridine rings is 2.